The first kappa shape index (κ1) is 38.9. The lowest BCUT2D eigenvalue weighted by atomic mass is 9.70. The van der Waals surface area contributed by atoms with Crippen LogP contribution in [0, 0.1) is 23.7 Å². The molecule has 0 heterocycles. The number of rotatable bonds is 26. The van der Waals surface area contributed by atoms with E-state index in [-0.39, 0.29) is 37.0 Å². The van der Waals surface area contributed by atoms with Crippen LogP contribution in [0.15, 0.2) is 0 Å². The van der Waals surface area contributed by atoms with E-state index < -0.39 is 35.2 Å². The third-order valence-electron chi connectivity index (χ3n) is 8.77. The Morgan fingerprint density at radius 1 is 0.550 bits per heavy atom. The minimum absolute atomic E-state index is 0.108. The second-order valence-electron chi connectivity index (χ2n) is 13.2. The Morgan fingerprint density at radius 3 is 1.27 bits per heavy atom. The lowest BCUT2D eigenvalue weighted by Crippen LogP contribution is -2.69. The fraction of sp³-hybridized carbons (Fsp3) is 0.912. The standard InChI is InChI=1S/C34H64O6/c1-8-10-12-16-27(5)20-23-31(37)34(40,32(38)24-21-28(6)17-13-11-9-2)33(39,25-35)30(36)22-19-29(7)18-14-15-26(3)4/h26-29,35,39-40H,8-25H2,1-7H3. The molecule has 0 saturated heterocycles. The van der Waals surface area contributed by atoms with Gasteiger partial charge in [-0.25, -0.2) is 0 Å². The van der Waals surface area contributed by atoms with E-state index in [0.717, 1.165) is 70.6 Å². The molecule has 0 spiro atoms. The van der Waals surface area contributed by atoms with Crippen molar-refractivity contribution in [2.45, 2.75) is 169 Å². The van der Waals surface area contributed by atoms with Crippen LogP contribution in [0.25, 0.3) is 0 Å². The number of ketones is 3. The van der Waals surface area contributed by atoms with Gasteiger partial charge in [0.05, 0.1) is 6.61 Å². The summed E-state index contributed by atoms with van der Waals surface area (Å²) in [4.78, 5) is 40.5. The summed E-state index contributed by atoms with van der Waals surface area (Å²) in [5.74, 6) is -1.32. The normalized spacial score (nSPS) is 17.2. The summed E-state index contributed by atoms with van der Waals surface area (Å²) in [6.07, 6.45) is 12.4. The molecule has 0 rings (SSSR count). The van der Waals surface area contributed by atoms with Crippen LogP contribution in [0.3, 0.4) is 0 Å². The molecule has 0 saturated carbocycles. The molecule has 0 aliphatic rings. The van der Waals surface area contributed by atoms with E-state index in [4.69, 9.17) is 0 Å². The number of hydrogen-bond donors (Lipinski definition) is 3. The molecular weight excluding hydrogens is 504 g/mol. The van der Waals surface area contributed by atoms with E-state index in [9.17, 15) is 29.7 Å². The minimum Gasteiger partial charge on any atom is -0.393 e. The molecule has 6 heteroatoms. The Bertz CT molecular complexity index is 685. The Kier molecular flexibility index (Phi) is 20.1. The monoisotopic (exact) mass is 568 g/mol. The predicted octanol–water partition coefficient (Wildman–Crippen LogP) is 7.38. The van der Waals surface area contributed by atoms with Crippen LogP contribution in [0.4, 0.5) is 0 Å². The first-order valence-electron chi connectivity index (χ1n) is 16.4. The highest BCUT2D eigenvalue weighted by molar-refractivity contribution is 6.16. The second kappa shape index (κ2) is 20.7. The predicted molar refractivity (Wildman–Crippen MR) is 164 cm³/mol. The maximum atomic E-state index is 13.6. The van der Waals surface area contributed by atoms with Crippen molar-refractivity contribution in [3.8, 4) is 0 Å². The van der Waals surface area contributed by atoms with E-state index in [2.05, 4.69) is 27.7 Å². The van der Waals surface area contributed by atoms with Crippen molar-refractivity contribution in [2.24, 2.45) is 23.7 Å². The van der Waals surface area contributed by atoms with E-state index in [1.807, 2.05) is 20.8 Å². The summed E-state index contributed by atoms with van der Waals surface area (Å²) in [7, 11) is 0. The van der Waals surface area contributed by atoms with Crippen molar-refractivity contribution in [1.82, 2.24) is 0 Å². The van der Waals surface area contributed by atoms with Gasteiger partial charge in [0.1, 0.15) is 0 Å². The van der Waals surface area contributed by atoms with Crippen LogP contribution in [-0.2, 0) is 14.4 Å². The zero-order valence-corrected chi connectivity index (χ0v) is 27.1. The molecule has 0 radical (unpaired) electrons. The van der Waals surface area contributed by atoms with Gasteiger partial charge in [-0.15, -0.1) is 0 Å². The molecule has 0 aliphatic carbocycles. The van der Waals surface area contributed by atoms with Crippen LogP contribution in [0.1, 0.15) is 158 Å². The third kappa shape index (κ3) is 13.2. The summed E-state index contributed by atoms with van der Waals surface area (Å²) < 4.78 is 0. The first-order valence-corrected chi connectivity index (χ1v) is 16.4. The fourth-order valence-corrected chi connectivity index (χ4v) is 5.52. The van der Waals surface area contributed by atoms with Gasteiger partial charge in [-0.3, -0.25) is 14.4 Å². The van der Waals surface area contributed by atoms with Gasteiger partial charge in [-0.05, 0) is 42.9 Å². The van der Waals surface area contributed by atoms with Crippen LogP contribution >= 0.6 is 0 Å². The van der Waals surface area contributed by atoms with Crippen molar-refractivity contribution in [1.29, 1.82) is 0 Å². The number of hydrogen-bond acceptors (Lipinski definition) is 6. The fourth-order valence-electron chi connectivity index (χ4n) is 5.52. The number of aliphatic hydroxyl groups is 3. The molecule has 236 valence electrons. The Balaban J connectivity index is 5.74. The van der Waals surface area contributed by atoms with E-state index in [1.54, 1.807) is 0 Å². The number of aliphatic hydroxyl groups excluding tert-OH is 1. The number of carbonyl (C=O) groups is 3. The van der Waals surface area contributed by atoms with Gasteiger partial charge in [0.15, 0.2) is 23.0 Å². The topological polar surface area (TPSA) is 112 Å². The molecule has 0 aliphatic heterocycles. The molecule has 0 aromatic carbocycles. The van der Waals surface area contributed by atoms with Crippen molar-refractivity contribution in [3.05, 3.63) is 0 Å². The first-order chi connectivity index (χ1) is 18.8. The van der Waals surface area contributed by atoms with Gasteiger partial charge in [0, 0.05) is 19.3 Å². The minimum atomic E-state index is -2.94. The van der Waals surface area contributed by atoms with Crippen molar-refractivity contribution < 1.29 is 29.7 Å². The molecule has 40 heavy (non-hydrogen) atoms. The Labute approximate surface area is 246 Å². The zero-order chi connectivity index (χ0) is 30.8. The third-order valence-corrected chi connectivity index (χ3v) is 8.77. The van der Waals surface area contributed by atoms with Gasteiger partial charge in [-0.2, -0.15) is 0 Å². The molecular formula is C34H64O6. The number of Topliss-reactive ketones (excluding diaryl/α,β-unsaturated/α-hetero) is 3. The number of unbranched alkanes of at least 4 members (excludes halogenated alkanes) is 4. The molecule has 0 aromatic rings. The molecule has 0 amide bonds. The maximum absolute atomic E-state index is 13.6. The van der Waals surface area contributed by atoms with Crippen LogP contribution in [0.5, 0.6) is 0 Å². The highest BCUT2D eigenvalue weighted by atomic mass is 16.4. The average molecular weight is 569 g/mol. The Morgan fingerprint density at radius 2 is 0.925 bits per heavy atom. The average Bonchev–Trinajstić information content (AvgIpc) is 2.92. The van der Waals surface area contributed by atoms with Crippen LogP contribution < -0.4 is 0 Å². The summed E-state index contributed by atoms with van der Waals surface area (Å²) >= 11 is 0. The highest BCUT2D eigenvalue weighted by Gasteiger charge is 2.62. The summed E-state index contributed by atoms with van der Waals surface area (Å²) in [5.41, 5.74) is -5.78. The van der Waals surface area contributed by atoms with Crippen molar-refractivity contribution in [3.63, 3.8) is 0 Å². The van der Waals surface area contributed by atoms with Crippen LogP contribution in [-0.4, -0.2) is 50.5 Å². The zero-order valence-electron chi connectivity index (χ0n) is 27.1. The van der Waals surface area contributed by atoms with E-state index in [1.165, 1.54) is 0 Å². The summed E-state index contributed by atoms with van der Waals surface area (Å²) in [6, 6.07) is 0. The molecule has 6 nitrogen and oxygen atoms in total. The lowest BCUT2D eigenvalue weighted by Gasteiger charge is -2.39. The Hall–Kier alpha value is -1.11. The highest BCUT2D eigenvalue weighted by Crippen LogP contribution is 2.33. The van der Waals surface area contributed by atoms with Gasteiger partial charge in [-0.1, -0.05) is 119 Å². The molecule has 4 unspecified atom stereocenters. The molecule has 0 fully saturated rings. The maximum Gasteiger partial charge on any atom is 0.219 e. The van der Waals surface area contributed by atoms with Gasteiger partial charge in [0.25, 0.3) is 0 Å². The smallest absolute Gasteiger partial charge is 0.219 e. The summed E-state index contributed by atoms with van der Waals surface area (Å²) in [5, 5.41) is 33.5. The van der Waals surface area contributed by atoms with Gasteiger partial charge < -0.3 is 15.3 Å². The largest absolute Gasteiger partial charge is 0.393 e. The SMILES string of the molecule is CCCCCC(C)CCC(=O)C(O)(C(=O)CCC(C)CCCCC)C(O)(CO)C(=O)CCC(C)CCCC(C)C. The second-order valence-corrected chi connectivity index (χ2v) is 13.2. The molecule has 0 bridgehead atoms. The van der Waals surface area contributed by atoms with Gasteiger partial charge >= 0.3 is 0 Å². The summed E-state index contributed by atoms with van der Waals surface area (Å²) in [6.45, 7) is 13.5. The quantitative estimate of drug-likeness (QED) is 0.0741. The van der Waals surface area contributed by atoms with Crippen molar-refractivity contribution in [2.75, 3.05) is 6.61 Å². The molecule has 4 atom stereocenters. The molecule has 3 N–H and O–H groups in total. The van der Waals surface area contributed by atoms with Crippen LogP contribution in [0.2, 0.25) is 0 Å². The van der Waals surface area contributed by atoms with E-state index >= 15 is 0 Å². The van der Waals surface area contributed by atoms with Crippen molar-refractivity contribution >= 4 is 17.3 Å². The number of carbonyl (C=O) groups excluding carboxylic acids is 3. The van der Waals surface area contributed by atoms with E-state index in [0.29, 0.717) is 25.2 Å². The lowest BCUT2D eigenvalue weighted by molar-refractivity contribution is -0.194. The van der Waals surface area contributed by atoms with Gasteiger partial charge in [0.2, 0.25) is 5.60 Å². The molecule has 0 aromatic heterocycles.